The average molecular weight is 392 g/mol. The van der Waals surface area contributed by atoms with Crippen molar-refractivity contribution in [3.63, 3.8) is 0 Å². The molecule has 0 spiro atoms. The number of hydrogen-bond donors (Lipinski definition) is 1. The van der Waals surface area contributed by atoms with E-state index < -0.39 is 12.1 Å². The molecular weight excluding hydrogens is 368 g/mol. The Bertz CT molecular complexity index is 975. The second-order valence-electron chi connectivity index (χ2n) is 7.00. The highest BCUT2D eigenvalue weighted by Gasteiger charge is 2.15. The fourth-order valence-corrected chi connectivity index (χ4v) is 2.88. The Balaban J connectivity index is 1.59. The van der Waals surface area contributed by atoms with Crippen LogP contribution in [0, 0.1) is 6.92 Å². The lowest BCUT2D eigenvalue weighted by Gasteiger charge is -2.10. The van der Waals surface area contributed by atoms with Crippen LogP contribution in [0.5, 0.6) is 0 Å². The van der Waals surface area contributed by atoms with Gasteiger partial charge in [0.05, 0.1) is 6.61 Å². The third-order valence-electron chi connectivity index (χ3n) is 4.74. The number of imidazole rings is 1. The zero-order chi connectivity index (χ0) is 20.8. The molecule has 0 unspecified atom stereocenters. The number of carbonyl (C=O) groups is 2. The lowest BCUT2D eigenvalue weighted by molar-refractivity contribution is -0.149. The number of benzene rings is 2. The van der Waals surface area contributed by atoms with Crippen molar-refractivity contribution in [3.05, 3.63) is 89.0 Å². The van der Waals surface area contributed by atoms with Gasteiger partial charge in [0.25, 0.3) is 0 Å². The van der Waals surface area contributed by atoms with E-state index in [0.29, 0.717) is 17.9 Å². The van der Waals surface area contributed by atoms with Gasteiger partial charge in [-0.15, -0.1) is 0 Å². The molecule has 0 amide bonds. The molecule has 0 fully saturated rings. The third-order valence-corrected chi connectivity index (χ3v) is 4.74. The molecule has 1 heterocycles. The van der Waals surface area contributed by atoms with Crippen LogP contribution in [0.3, 0.4) is 0 Å². The van der Waals surface area contributed by atoms with E-state index in [1.807, 2.05) is 66.2 Å². The number of hydrogen-bond acceptors (Lipinski definition) is 4. The number of aliphatic carboxylic acids is 1. The van der Waals surface area contributed by atoms with Gasteiger partial charge >= 0.3 is 5.97 Å². The van der Waals surface area contributed by atoms with Crippen LogP contribution in [0.25, 0.3) is 0 Å². The number of aryl methyl sites for hydroxylation is 3. The summed E-state index contributed by atoms with van der Waals surface area (Å²) in [4.78, 5) is 27.8. The molecule has 29 heavy (non-hydrogen) atoms. The monoisotopic (exact) mass is 392 g/mol. The van der Waals surface area contributed by atoms with Gasteiger partial charge in [0, 0.05) is 24.5 Å². The van der Waals surface area contributed by atoms with Gasteiger partial charge in [-0.3, -0.25) is 4.79 Å². The van der Waals surface area contributed by atoms with Crippen molar-refractivity contribution in [2.75, 3.05) is 0 Å². The summed E-state index contributed by atoms with van der Waals surface area (Å²) in [5.41, 5.74) is 3.77. The number of carbonyl (C=O) groups excluding carboxylic acids is 1. The molecule has 0 saturated heterocycles. The van der Waals surface area contributed by atoms with Crippen molar-refractivity contribution in [1.29, 1.82) is 0 Å². The zero-order valence-electron chi connectivity index (χ0n) is 16.5. The quantitative estimate of drug-likeness (QED) is 0.562. The molecule has 6 nitrogen and oxygen atoms in total. The molecule has 0 saturated carbocycles. The number of rotatable bonds is 9. The number of carboxylic acid groups (broad SMARTS) is 1. The van der Waals surface area contributed by atoms with Crippen molar-refractivity contribution in [2.45, 2.75) is 39.5 Å². The first-order chi connectivity index (χ1) is 13.9. The minimum atomic E-state index is -0.974. The summed E-state index contributed by atoms with van der Waals surface area (Å²) in [6.45, 7) is 4.39. The fraction of sp³-hybridized carbons (Fsp3) is 0.261. The van der Waals surface area contributed by atoms with Gasteiger partial charge in [-0.1, -0.05) is 54.1 Å². The van der Waals surface area contributed by atoms with Gasteiger partial charge < -0.3 is 14.4 Å². The molecule has 0 aliphatic rings. The van der Waals surface area contributed by atoms with E-state index in [1.165, 1.54) is 6.92 Å². The summed E-state index contributed by atoms with van der Waals surface area (Å²) in [6, 6.07) is 15.3. The Morgan fingerprint density at radius 2 is 1.72 bits per heavy atom. The highest BCUT2D eigenvalue weighted by atomic mass is 16.5. The maximum absolute atomic E-state index is 12.7. The summed E-state index contributed by atoms with van der Waals surface area (Å²) in [7, 11) is 0. The highest BCUT2D eigenvalue weighted by molar-refractivity contribution is 6.06. The average Bonchev–Trinajstić information content (AvgIpc) is 3.19. The summed E-state index contributed by atoms with van der Waals surface area (Å²) in [5, 5.41) is 8.85. The number of nitrogens with zero attached hydrogens (tertiary/aromatic N) is 2. The van der Waals surface area contributed by atoms with Crippen LogP contribution < -0.4 is 0 Å². The maximum Gasteiger partial charge on any atom is 0.332 e. The largest absolute Gasteiger partial charge is 0.479 e. The standard InChI is InChI=1S/C23H24N2O4/c1-16-3-9-20(10-4-16)21(26)22-24-12-14-25(22)13-11-18-5-7-19(8-6-18)15-29-17(2)23(27)28/h3-10,12,14,17H,11,13,15H2,1-2H3,(H,27,28)/t17-/m1/s1. The Morgan fingerprint density at radius 1 is 1.07 bits per heavy atom. The van der Waals surface area contributed by atoms with E-state index in [4.69, 9.17) is 9.84 Å². The molecule has 1 aromatic heterocycles. The van der Waals surface area contributed by atoms with Crippen LogP contribution in [-0.2, 0) is 29.1 Å². The van der Waals surface area contributed by atoms with Crippen LogP contribution >= 0.6 is 0 Å². The minimum Gasteiger partial charge on any atom is -0.479 e. The molecule has 0 bridgehead atoms. The summed E-state index contributed by atoms with van der Waals surface area (Å²) < 4.78 is 7.16. The third kappa shape index (κ3) is 5.39. The molecule has 0 radical (unpaired) electrons. The second kappa shape index (κ2) is 9.30. The Labute approximate surface area is 169 Å². The lowest BCUT2D eigenvalue weighted by atomic mass is 10.1. The highest BCUT2D eigenvalue weighted by Crippen LogP contribution is 2.12. The van der Waals surface area contributed by atoms with Gasteiger partial charge in [0.15, 0.2) is 11.9 Å². The molecule has 150 valence electrons. The van der Waals surface area contributed by atoms with E-state index >= 15 is 0 Å². The molecular formula is C23H24N2O4. The van der Waals surface area contributed by atoms with Crippen molar-refractivity contribution in [1.82, 2.24) is 9.55 Å². The molecule has 3 rings (SSSR count). The lowest BCUT2D eigenvalue weighted by Crippen LogP contribution is -2.19. The van der Waals surface area contributed by atoms with E-state index in [9.17, 15) is 9.59 Å². The van der Waals surface area contributed by atoms with E-state index in [-0.39, 0.29) is 12.4 Å². The zero-order valence-corrected chi connectivity index (χ0v) is 16.5. The van der Waals surface area contributed by atoms with Crippen LogP contribution in [0.15, 0.2) is 60.9 Å². The summed E-state index contributed by atoms with van der Waals surface area (Å²) >= 11 is 0. The number of ether oxygens (including phenoxy) is 1. The SMILES string of the molecule is Cc1ccc(C(=O)c2nccn2CCc2ccc(CO[C@H](C)C(=O)O)cc2)cc1. The molecule has 0 aliphatic heterocycles. The van der Waals surface area contributed by atoms with Crippen LogP contribution in [0.2, 0.25) is 0 Å². The molecule has 6 heteroatoms. The van der Waals surface area contributed by atoms with E-state index in [1.54, 1.807) is 6.20 Å². The van der Waals surface area contributed by atoms with Crippen molar-refractivity contribution < 1.29 is 19.4 Å². The molecule has 2 aromatic carbocycles. The Morgan fingerprint density at radius 3 is 2.38 bits per heavy atom. The summed E-state index contributed by atoms with van der Waals surface area (Å²) in [5.74, 6) is -0.630. The molecule has 0 aliphatic carbocycles. The number of carboxylic acids is 1. The van der Waals surface area contributed by atoms with Gasteiger partial charge in [0.1, 0.15) is 0 Å². The Hall–Kier alpha value is -3.25. The molecule has 1 atom stereocenters. The second-order valence-corrected chi connectivity index (χ2v) is 7.00. The fourth-order valence-electron chi connectivity index (χ4n) is 2.88. The van der Waals surface area contributed by atoms with Crippen LogP contribution in [0.1, 0.15) is 39.8 Å². The maximum atomic E-state index is 12.7. The predicted octanol–water partition coefficient (Wildman–Crippen LogP) is 3.65. The molecule has 3 aromatic rings. The summed E-state index contributed by atoms with van der Waals surface area (Å²) in [6.07, 6.45) is 3.37. The van der Waals surface area contributed by atoms with Gasteiger partial charge in [-0.05, 0) is 31.4 Å². The number of ketones is 1. The van der Waals surface area contributed by atoms with E-state index in [0.717, 1.165) is 23.1 Å². The first-order valence-corrected chi connectivity index (χ1v) is 9.49. The van der Waals surface area contributed by atoms with Crippen molar-refractivity contribution in [2.24, 2.45) is 0 Å². The minimum absolute atomic E-state index is 0.0879. The smallest absolute Gasteiger partial charge is 0.332 e. The topological polar surface area (TPSA) is 81.4 Å². The number of aromatic nitrogens is 2. The van der Waals surface area contributed by atoms with Crippen molar-refractivity contribution in [3.8, 4) is 0 Å². The van der Waals surface area contributed by atoms with Gasteiger partial charge in [-0.2, -0.15) is 0 Å². The van der Waals surface area contributed by atoms with Crippen LogP contribution in [-0.4, -0.2) is 32.5 Å². The molecule has 1 N–H and O–H groups in total. The van der Waals surface area contributed by atoms with E-state index in [2.05, 4.69) is 4.98 Å². The van der Waals surface area contributed by atoms with Gasteiger partial charge in [0.2, 0.25) is 5.78 Å². The van der Waals surface area contributed by atoms with Crippen LogP contribution in [0.4, 0.5) is 0 Å². The normalized spacial score (nSPS) is 11.9. The first-order valence-electron chi connectivity index (χ1n) is 9.49. The predicted molar refractivity (Wildman–Crippen MR) is 109 cm³/mol. The van der Waals surface area contributed by atoms with Crippen molar-refractivity contribution >= 4 is 11.8 Å². The first kappa shape index (κ1) is 20.5. The van der Waals surface area contributed by atoms with Gasteiger partial charge in [-0.25, -0.2) is 9.78 Å². The Kier molecular flexibility index (Phi) is 6.57.